The highest BCUT2D eigenvalue weighted by atomic mass is 127. The van der Waals surface area contributed by atoms with Crippen LogP contribution in [0.25, 0.3) is 6.08 Å². The highest BCUT2D eigenvalue weighted by molar-refractivity contribution is 14.1. The molecule has 1 heterocycles. The third-order valence-corrected chi connectivity index (χ3v) is 8.00. The lowest BCUT2D eigenvalue weighted by molar-refractivity contribution is -0.122. The number of halogens is 5. The molecule has 0 atom stereocenters. The van der Waals surface area contributed by atoms with Gasteiger partial charge in [-0.15, -0.1) is 0 Å². The van der Waals surface area contributed by atoms with Gasteiger partial charge in [0.1, 0.15) is 17.9 Å². The molecule has 2 amide bonds. The molecule has 11 heteroatoms. The van der Waals surface area contributed by atoms with Crippen LogP contribution in [0.5, 0.6) is 5.75 Å². The number of benzene rings is 3. The first-order valence-corrected chi connectivity index (χ1v) is 13.6. The van der Waals surface area contributed by atoms with E-state index < -0.39 is 11.8 Å². The fourth-order valence-corrected chi connectivity index (χ4v) is 6.25. The summed E-state index contributed by atoms with van der Waals surface area (Å²) in [6, 6.07) is 15.9. The van der Waals surface area contributed by atoms with Gasteiger partial charge in [-0.05, 0) is 99.4 Å². The molecule has 1 aliphatic rings. The second kappa shape index (κ2) is 11.3. The van der Waals surface area contributed by atoms with Crippen LogP contribution in [-0.4, -0.2) is 16.9 Å². The summed E-state index contributed by atoms with van der Waals surface area (Å²) in [5, 5.41) is 3.52. The van der Waals surface area contributed by atoms with Gasteiger partial charge in [-0.25, -0.2) is 0 Å². The van der Waals surface area contributed by atoms with E-state index in [-0.39, 0.29) is 26.4 Å². The third-order valence-electron chi connectivity index (χ3n) is 4.94. The molecule has 1 fully saturated rings. The maximum absolute atomic E-state index is 13.3. The van der Waals surface area contributed by atoms with E-state index in [1.807, 2.05) is 36.4 Å². The smallest absolute Gasteiger partial charge is 0.270 e. The monoisotopic (exact) mass is 768 g/mol. The van der Waals surface area contributed by atoms with Gasteiger partial charge >= 0.3 is 0 Å². The molecular weight excluding hydrogens is 757 g/mol. The van der Waals surface area contributed by atoms with Crippen molar-refractivity contribution in [1.82, 2.24) is 5.32 Å². The van der Waals surface area contributed by atoms with Crippen LogP contribution < -0.4 is 15.0 Å². The molecule has 0 bridgehead atoms. The standard InChI is InChI=1S/C24H13Cl3I2N2O3S/c25-15-5-2-1-4-13(15)11-34-21-17(28)9-12(10-18(21)29)8-14-22(32)30-24(35)31(23(14)33)19-7-3-6-16(26)20(19)27/h1-10H,11H2,(H,30,32,35)/b14-8+. The minimum Gasteiger partial charge on any atom is -0.487 e. The number of nitrogens with one attached hydrogen (secondary N) is 1. The zero-order chi connectivity index (χ0) is 25.3. The van der Waals surface area contributed by atoms with Gasteiger partial charge in [-0.1, -0.05) is 59.1 Å². The summed E-state index contributed by atoms with van der Waals surface area (Å²) in [6.07, 6.45) is 1.51. The molecule has 0 spiro atoms. The second-order valence-corrected chi connectivity index (χ2v) is 11.1. The zero-order valence-electron chi connectivity index (χ0n) is 17.5. The van der Waals surface area contributed by atoms with Crippen molar-refractivity contribution in [2.75, 3.05) is 4.90 Å². The average Bonchev–Trinajstić information content (AvgIpc) is 2.80. The summed E-state index contributed by atoms with van der Waals surface area (Å²) in [4.78, 5) is 27.1. The van der Waals surface area contributed by atoms with Crippen LogP contribution in [0, 0.1) is 7.14 Å². The summed E-state index contributed by atoms with van der Waals surface area (Å²) in [5.41, 5.74) is 1.71. The zero-order valence-corrected chi connectivity index (χ0v) is 24.8. The number of hydrogen-bond acceptors (Lipinski definition) is 4. The Morgan fingerprint density at radius 3 is 2.31 bits per heavy atom. The van der Waals surface area contributed by atoms with E-state index in [0.717, 1.165) is 17.6 Å². The van der Waals surface area contributed by atoms with E-state index in [9.17, 15) is 9.59 Å². The Kier molecular flexibility index (Phi) is 8.60. The van der Waals surface area contributed by atoms with Gasteiger partial charge in [0.2, 0.25) is 0 Å². The molecule has 0 radical (unpaired) electrons. The molecular formula is C24H13Cl3I2N2O3S. The first kappa shape index (κ1) is 26.6. The van der Waals surface area contributed by atoms with Gasteiger partial charge in [0, 0.05) is 10.6 Å². The number of amides is 2. The number of nitrogens with zero attached hydrogens (tertiary/aromatic N) is 1. The van der Waals surface area contributed by atoms with E-state index >= 15 is 0 Å². The van der Waals surface area contributed by atoms with Crippen LogP contribution in [0.2, 0.25) is 15.1 Å². The minimum atomic E-state index is -0.605. The van der Waals surface area contributed by atoms with E-state index in [2.05, 4.69) is 50.5 Å². The van der Waals surface area contributed by atoms with Crippen LogP contribution in [0.3, 0.4) is 0 Å². The normalized spacial score (nSPS) is 14.9. The molecule has 5 nitrogen and oxygen atoms in total. The number of hydrogen-bond donors (Lipinski definition) is 1. The Balaban J connectivity index is 1.64. The molecule has 35 heavy (non-hydrogen) atoms. The van der Waals surface area contributed by atoms with Gasteiger partial charge in [0.15, 0.2) is 5.11 Å². The Labute approximate surface area is 249 Å². The molecule has 4 rings (SSSR count). The summed E-state index contributed by atoms with van der Waals surface area (Å²) in [7, 11) is 0. The molecule has 1 aliphatic heterocycles. The first-order chi connectivity index (χ1) is 16.7. The summed E-state index contributed by atoms with van der Waals surface area (Å²) >= 11 is 28.2. The van der Waals surface area contributed by atoms with Crippen molar-refractivity contribution in [3.63, 3.8) is 0 Å². The number of carbonyl (C=O) groups excluding carboxylic acids is 2. The highest BCUT2D eigenvalue weighted by Crippen LogP contribution is 2.35. The molecule has 3 aromatic rings. The summed E-state index contributed by atoms with van der Waals surface area (Å²) < 4.78 is 7.63. The van der Waals surface area contributed by atoms with Gasteiger partial charge < -0.3 is 4.74 Å². The molecule has 0 aromatic heterocycles. The van der Waals surface area contributed by atoms with Gasteiger partial charge in [-0.3, -0.25) is 19.8 Å². The van der Waals surface area contributed by atoms with Gasteiger partial charge in [-0.2, -0.15) is 0 Å². The molecule has 1 saturated heterocycles. The molecule has 0 unspecified atom stereocenters. The van der Waals surface area contributed by atoms with Gasteiger partial charge in [0.05, 0.1) is 22.9 Å². The Morgan fingerprint density at radius 2 is 1.63 bits per heavy atom. The SMILES string of the molecule is O=C1NC(=S)N(c2cccc(Cl)c2Cl)C(=O)/C1=C/c1cc(I)c(OCc2ccccc2Cl)c(I)c1. The van der Waals surface area contributed by atoms with Crippen molar-refractivity contribution in [2.24, 2.45) is 0 Å². The van der Waals surface area contributed by atoms with Crippen molar-refractivity contribution in [3.05, 3.63) is 93.5 Å². The maximum Gasteiger partial charge on any atom is 0.270 e. The lowest BCUT2D eigenvalue weighted by Crippen LogP contribution is -2.54. The number of rotatable bonds is 5. The van der Waals surface area contributed by atoms with Crippen molar-refractivity contribution in [3.8, 4) is 5.75 Å². The predicted molar refractivity (Wildman–Crippen MR) is 160 cm³/mol. The molecule has 3 aromatic carbocycles. The van der Waals surface area contributed by atoms with E-state index in [0.29, 0.717) is 22.9 Å². The summed E-state index contributed by atoms with van der Waals surface area (Å²) in [5.74, 6) is -0.522. The Morgan fingerprint density at radius 1 is 0.971 bits per heavy atom. The minimum absolute atomic E-state index is 0.0752. The van der Waals surface area contributed by atoms with Crippen molar-refractivity contribution in [2.45, 2.75) is 6.61 Å². The largest absolute Gasteiger partial charge is 0.487 e. The molecule has 0 aliphatic carbocycles. The van der Waals surface area contributed by atoms with Crippen LogP contribution in [0.1, 0.15) is 11.1 Å². The van der Waals surface area contributed by atoms with Gasteiger partial charge in [0.25, 0.3) is 11.8 Å². The van der Waals surface area contributed by atoms with Crippen LogP contribution >= 0.6 is 92.2 Å². The van der Waals surface area contributed by atoms with Crippen molar-refractivity contribution in [1.29, 1.82) is 0 Å². The lowest BCUT2D eigenvalue weighted by atomic mass is 10.1. The Bertz CT molecular complexity index is 1390. The average molecular weight is 770 g/mol. The molecule has 178 valence electrons. The van der Waals surface area contributed by atoms with E-state index in [4.69, 9.17) is 51.8 Å². The molecule has 1 N–H and O–H groups in total. The highest BCUT2D eigenvalue weighted by Gasteiger charge is 2.35. The first-order valence-electron chi connectivity index (χ1n) is 9.88. The van der Waals surface area contributed by atoms with E-state index in [1.165, 1.54) is 6.08 Å². The maximum atomic E-state index is 13.3. The van der Waals surface area contributed by atoms with Crippen LogP contribution in [0.4, 0.5) is 5.69 Å². The van der Waals surface area contributed by atoms with Crippen LogP contribution in [0.15, 0.2) is 60.2 Å². The van der Waals surface area contributed by atoms with Crippen molar-refractivity contribution >= 4 is 121 Å². The summed E-state index contributed by atoms with van der Waals surface area (Å²) in [6.45, 7) is 0.305. The van der Waals surface area contributed by atoms with Crippen LogP contribution in [-0.2, 0) is 16.2 Å². The lowest BCUT2D eigenvalue weighted by Gasteiger charge is -2.29. The second-order valence-electron chi connectivity index (χ2n) is 7.22. The quantitative estimate of drug-likeness (QED) is 0.129. The number of carbonyl (C=O) groups is 2. The number of thiocarbonyl (C=S) groups is 1. The van der Waals surface area contributed by atoms with E-state index in [1.54, 1.807) is 18.2 Å². The number of anilines is 1. The molecule has 0 saturated carbocycles. The fourth-order valence-electron chi connectivity index (χ4n) is 3.27. The Hall–Kier alpha value is -1.44. The third kappa shape index (κ3) is 5.78. The predicted octanol–water partition coefficient (Wildman–Crippen LogP) is 7.27. The number of ether oxygens (including phenoxy) is 1. The van der Waals surface area contributed by atoms with Crippen molar-refractivity contribution < 1.29 is 14.3 Å². The topological polar surface area (TPSA) is 58.6 Å². The fraction of sp³-hybridized carbons (Fsp3) is 0.0417.